The van der Waals surface area contributed by atoms with Gasteiger partial charge >= 0.3 is 12.1 Å². The van der Waals surface area contributed by atoms with Gasteiger partial charge in [-0.1, -0.05) is 51.1 Å². The second-order valence-corrected chi connectivity index (χ2v) is 9.30. The van der Waals surface area contributed by atoms with Crippen LogP contribution in [0.2, 0.25) is 0 Å². The Bertz CT molecular complexity index is 887. The number of hydrogen-bond donors (Lipinski definition) is 3. The molecule has 33 heavy (non-hydrogen) atoms. The van der Waals surface area contributed by atoms with Crippen molar-refractivity contribution in [3.8, 4) is 0 Å². The van der Waals surface area contributed by atoms with Crippen LogP contribution in [0.4, 0.5) is 9.59 Å². The Hall–Kier alpha value is -3.34. The number of primary amides is 1. The highest BCUT2D eigenvalue weighted by atomic mass is 16.7. The number of carbonyl (C=O) groups is 4. The van der Waals surface area contributed by atoms with Crippen LogP contribution >= 0.6 is 0 Å². The number of rotatable bonds is 7. The van der Waals surface area contributed by atoms with Crippen molar-refractivity contribution in [2.45, 2.75) is 64.8 Å². The molecule has 1 aromatic carbocycles. The highest BCUT2D eigenvalue weighted by molar-refractivity contribution is 5.90. The summed E-state index contributed by atoms with van der Waals surface area (Å²) < 4.78 is 5.02. The number of nitrogens with one attached hydrogen (secondary N) is 2. The first kappa shape index (κ1) is 24.3. The Labute approximate surface area is 192 Å². The van der Waals surface area contributed by atoms with E-state index in [2.05, 4.69) is 10.9 Å². The molecule has 0 radical (unpaired) electrons. The van der Waals surface area contributed by atoms with E-state index >= 15 is 0 Å². The van der Waals surface area contributed by atoms with Crippen molar-refractivity contribution in [1.29, 1.82) is 0 Å². The van der Waals surface area contributed by atoms with E-state index in [9.17, 15) is 19.2 Å². The molecule has 11 nitrogen and oxygen atoms in total. The van der Waals surface area contributed by atoms with Crippen molar-refractivity contribution < 1.29 is 28.8 Å². The number of hydrogen-bond acceptors (Lipinski definition) is 6. The van der Waals surface area contributed by atoms with E-state index in [-0.39, 0.29) is 25.1 Å². The third-order valence-electron chi connectivity index (χ3n) is 5.76. The van der Waals surface area contributed by atoms with Gasteiger partial charge < -0.3 is 15.4 Å². The smallest absolute Gasteiger partial charge is 0.404 e. The second kappa shape index (κ2) is 10.1. The topological polar surface area (TPSA) is 143 Å². The molecule has 0 saturated carbocycles. The van der Waals surface area contributed by atoms with Gasteiger partial charge in [0, 0.05) is 6.54 Å². The van der Waals surface area contributed by atoms with Crippen LogP contribution in [0.1, 0.15) is 45.6 Å². The van der Waals surface area contributed by atoms with Crippen molar-refractivity contribution in [1.82, 2.24) is 20.8 Å². The summed E-state index contributed by atoms with van der Waals surface area (Å²) in [7, 11) is 0. The van der Waals surface area contributed by atoms with Crippen LogP contribution in [0, 0.1) is 5.41 Å². The number of ether oxygens (including phenoxy) is 1. The summed E-state index contributed by atoms with van der Waals surface area (Å²) in [6.07, 6.45) is -0.878. The molecule has 1 unspecified atom stereocenters. The number of fused-ring (bicyclic) bond motifs is 2. The third kappa shape index (κ3) is 6.13. The molecule has 0 aliphatic carbocycles. The highest BCUT2D eigenvalue weighted by Gasteiger charge is 2.48. The van der Waals surface area contributed by atoms with Gasteiger partial charge in [0.2, 0.25) is 5.91 Å². The molecule has 3 atom stereocenters. The van der Waals surface area contributed by atoms with Gasteiger partial charge in [-0.25, -0.2) is 9.59 Å². The summed E-state index contributed by atoms with van der Waals surface area (Å²) >= 11 is 0. The molecule has 2 fully saturated rings. The van der Waals surface area contributed by atoms with E-state index in [4.69, 9.17) is 15.3 Å². The second-order valence-electron chi connectivity index (χ2n) is 9.30. The molecular weight excluding hydrogens is 430 g/mol. The lowest BCUT2D eigenvalue weighted by Crippen LogP contribution is -2.54. The van der Waals surface area contributed by atoms with Crippen LogP contribution in [-0.4, -0.2) is 58.6 Å². The number of nitrogens with two attached hydrogens (primary N) is 1. The fraction of sp³-hybridized carbons (Fsp3) is 0.545. The van der Waals surface area contributed by atoms with E-state index < -0.39 is 35.5 Å². The highest BCUT2D eigenvalue weighted by Crippen LogP contribution is 2.30. The number of urea groups is 1. The maximum Gasteiger partial charge on any atom is 0.404 e. The zero-order valence-corrected chi connectivity index (χ0v) is 19.1. The summed E-state index contributed by atoms with van der Waals surface area (Å²) in [5.41, 5.74) is 10.2. The van der Waals surface area contributed by atoms with Crippen molar-refractivity contribution >= 4 is 23.9 Å². The minimum atomic E-state index is -0.977. The molecule has 2 aliphatic heterocycles. The quantitative estimate of drug-likeness (QED) is 0.524. The van der Waals surface area contributed by atoms with Gasteiger partial charge in [-0.05, 0) is 23.8 Å². The van der Waals surface area contributed by atoms with Crippen molar-refractivity contribution in [3.63, 3.8) is 0 Å². The SMILES string of the molecule is CC(C)(C)C(CC(=O)NNC(=O)[C@@H]1CC[C@@H]2CN1C(=O)N2OCc1ccccc1)OC(N)=O. The molecule has 5 amide bonds. The Balaban J connectivity index is 1.51. The van der Waals surface area contributed by atoms with E-state index in [0.717, 1.165) is 5.56 Å². The Morgan fingerprint density at radius 3 is 2.48 bits per heavy atom. The van der Waals surface area contributed by atoms with Crippen LogP contribution in [0.15, 0.2) is 30.3 Å². The van der Waals surface area contributed by atoms with Gasteiger partial charge in [-0.2, -0.15) is 5.06 Å². The molecule has 4 N–H and O–H groups in total. The maximum atomic E-state index is 12.8. The largest absolute Gasteiger partial charge is 0.445 e. The molecule has 180 valence electrons. The Kier molecular flexibility index (Phi) is 7.42. The summed E-state index contributed by atoms with van der Waals surface area (Å²) in [4.78, 5) is 56.1. The van der Waals surface area contributed by atoms with Gasteiger partial charge in [-0.15, -0.1) is 0 Å². The van der Waals surface area contributed by atoms with E-state index in [1.165, 1.54) is 9.96 Å². The van der Waals surface area contributed by atoms with Gasteiger partial charge in [-0.3, -0.25) is 25.3 Å². The van der Waals surface area contributed by atoms with Gasteiger partial charge in [0.1, 0.15) is 18.8 Å². The standard InChI is InChI=1S/C22H31N5O6/c1-22(2,3)17(33-20(23)30)11-18(28)24-25-19(29)16-10-9-15-12-26(16)21(31)27(15)32-13-14-7-5-4-6-8-14/h4-8,15-17H,9-13H2,1-3H3,(H2,23,30)(H,24,28)(H,25,29)/t15-,16+,17?/m1/s1. The van der Waals surface area contributed by atoms with Crippen LogP contribution < -0.4 is 16.6 Å². The Morgan fingerprint density at radius 2 is 1.85 bits per heavy atom. The Morgan fingerprint density at radius 1 is 1.15 bits per heavy atom. The fourth-order valence-electron chi connectivity index (χ4n) is 3.89. The van der Waals surface area contributed by atoms with Crippen LogP contribution in [0.3, 0.4) is 0 Å². The predicted molar refractivity (Wildman–Crippen MR) is 117 cm³/mol. The fourth-order valence-corrected chi connectivity index (χ4v) is 3.89. The molecule has 2 heterocycles. The van der Waals surface area contributed by atoms with Crippen molar-refractivity contribution in [3.05, 3.63) is 35.9 Å². The van der Waals surface area contributed by atoms with E-state index in [1.807, 2.05) is 30.3 Å². The summed E-state index contributed by atoms with van der Waals surface area (Å²) in [5, 5.41) is 1.34. The van der Waals surface area contributed by atoms with Crippen molar-refractivity contribution in [2.75, 3.05) is 6.54 Å². The maximum absolute atomic E-state index is 12.8. The van der Waals surface area contributed by atoms with E-state index in [1.54, 1.807) is 20.8 Å². The molecule has 2 aliphatic rings. The zero-order valence-electron chi connectivity index (χ0n) is 19.1. The molecule has 2 saturated heterocycles. The monoisotopic (exact) mass is 461 g/mol. The average Bonchev–Trinajstić information content (AvgIpc) is 2.99. The van der Waals surface area contributed by atoms with Crippen LogP contribution in [0.25, 0.3) is 0 Å². The molecule has 11 heteroatoms. The third-order valence-corrected chi connectivity index (χ3v) is 5.76. The number of hydrazine groups is 1. The van der Waals surface area contributed by atoms with Gasteiger partial charge in [0.25, 0.3) is 5.91 Å². The minimum Gasteiger partial charge on any atom is -0.445 e. The predicted octanol–water partition coefficient (Wildman–Crippen LogP) is 1.43. The molecule has 1 aromatic rings. The molecule has 2 bridgehead atoms. The van der Waals surface area contributed by atoms with Crippen LogP contribution in [0.5, 0.6) is 0 Å². The van der Waals surface area contributed by atoms with Crippen LogP contribution in [-0.2, 0) is 25.8 Å². The number of benzene rings is 1. The number of amides is 5. The number of piperidine rings is 1. The summed E-state index contributed by atoms with van der Waals surface area (Å²) in [6, 6.07) is 8.28. The van der Waals surface area contributed by atoms with Gasteiger partial charge in [0.05, 0.1) is 12.5 Å². The minimum absolute atomic E-state index is 0.127. The first-order valence-electron chi connectivity index (χ1n) is 10.9. The summed E-state index contributed by atoms with van der Waals surface area (Å²) in [5.74, 6) is -1.04. The normalized spacial score (nSPS) is 20.9. The lowest BCUT2D eigenvalue weighted by Gasteiger charge is -2.30. The molecule has 3 rings (SSSR count). The lowest BCUT2D eigenvalue weighted by molar-refractivity contribution is -0.140. The number of carbonyl (C=O) groups excluding carboxylic acids is 4. The van der Waals surface area contributed by atoms with Gasteiger partial charge in [0.15, 0.2) is 0 Å². The average molecular weight is 462 g/mol. The first-order chi connectivity index (χ1) is 15.6. The first-order valence-corrected chi connectivity index (χ1v) is 10.9. The lowest BCUT2D eigenvalue weighted by atomic mass is 9.87. The summed E-state index contributed by atoms with van der Waals surface area (Å²) in [6.45, 7) is 6.03. The molecular formula is C22H31N5O6. The number of hydroxylamine groups is 2. The number of nitrogens with zero attached hydrogens (tertiary/aromatic N) is 2. The molecule has 0 spiro atoms. The van der Waals surface area contributed by atoms with E-state index in [0.29, 0.717) is 19.4 Å². The van der Waals surface area contributed by atoms with Crippen molar-refractivity contribution in [2.24, 2.45) is 11.1 Å². The molecule has 0 aromatic heterocycles. The zero-order chi connectivity index (χ0) is 24.2.